The highest BCUT2D eigenvalue weighted by Gasteiger charge is 2.17. The van der Waals surface area contributed by atoms with Gasteiger partial charge in [0.15, 0.2) is 5.78 Å². The lowest BCUT2D eigenvalue weighted by Gasteiger charge is -2.16. The zero-order chi connectivity index (χ0) is 14.2. The molecule has 0 fully saturated rings. The van der Waals surface area contributed by atoms with Gasteiger partial charge in [-0.25, -0.2) is 0 Å². The molecule has 2 rings (SSSR count). The molecule has 1 aromatic carbocycles. The molecule has 0 saturated carbocycles. The van der Waals surface area contributed by atoms with Crippen molar-refractivity contribution < 1.29 is 19.0 Å². The molecule has 0 amide bonds. The minimum absolute atomic E-state index is 0.249. The Labute approximate surface area is 120 Å². The van der Waals surface area contributed by atoms with Gasteiger partial charge in [0.25, 0.3) is 0 Å². The van der Waals surface area contributed by atoms with Crippen molar-refractivity contribution in [1.29, 1.82) is 0 Å². The van der Waals surface area contributed by atoms with Crippen LogP contribution >= 0.6 is 0 Å². The fourth-order valence-electron chi connectivity index (χ4n) is 2.34. The van der Waals surface area contributed by atoms with E-state index < -0.39 is 0 Å². The molecule has 0 aromatic heterocycles. The first-order valence-corrected chi connectivity index (χ1v) is 7.17. The Morgan fingerprint density at radius 2 is 2.00 bits per heavy atom. The number of carbonyl (C=O) groups excluding carboxylic acids is 1. The van der Waals surface area contributed by atoms with Crippen molar-refractivity contribution in [2.45, 2.75) is 25.7 Å². The van der Waals surface area contributed by atoms with Gasteiger partial charge >= 0.3 is 0 Å². The van der Waals surface area contributed by atoms with Gasteiger partial charge in [0, 0.05) is 32.3 Å². The maximum absolute atomic E-state index is 11.7. The lowest BCUT2D eigenvalue weighted by Crippen LogP contribution is -2.12. The molecule has 4 nitrogen and oxygen atoms in total. The summed E-state index contributed by atoms with van der Waals surface area (Å²) in [6.45, 7) is 2.51. The van der Waals surface area contributed by atoms with Crippen molar-refractivity contribution in [3.8, 4) is 5.75 Å². The number of methoxy groups -OCH3 is 1. The van der Waals surface area contributed by atoms with Gasteiger partial charge in [-0.1, -0.05) is 0 Å². The van der Waals surface area contributed by atoms with Crippen LogP contribution in [0.5, 0.6) is 5.75 Å². The summed E-state index contributed by atoms with van der Waals surface area (Å²) < 4.78 is 16.0. The van der Waals surface area contributed by atoms with E-state index in [0.717, 1.165) is 42.7 Å². The van der Waals surface area contributed by atoms with E-state index >= 15 is 0 Å². The summed E-state index contributed by atoms with van der Waals surface area (Å²) >= 11 is 0. The highest BCUT2D eigenvalue weighted by atomic mass is 16.5. The standard InChI is InChI=1S/C16H22O4/c1-18-8-3-9-19-10-11-20-14-6-7-15-13(12-14)4-2-5-16(15)17/h6-7,12H,2-5,8-11H2,1H3. The molecule has 0 aliphatic heterocycles. The van der Waals surface area contributed by atoms with E-state index in [0.29, 0.717) is 26.2 Å². The second-order valence-electron chi connectivity index (χ2n) is 4.90. The largest absolute Gasteiger partial charge is 0.491 e. The summed E-state index contributed by atoms with van der Waals surface area (Å²) in [5.74, 6) is 1.07. The zero-order valence-corrected chi connectivity index (χ0v) is 12.0. The number of hydrogen-bond donors (Lipinski definition) is 0. The predicted octanol–water partition coefficient (Wildman–Crippen LogP) is 2.64. The van der Waals surface area contributed by atoms with E-state index in [1.165, 1.54) is 0 Å². The first-order chi connectivity index (χ1) is 9.81. The Kier molecular flexibility index (Phi) is 6.02. The Morgan fingerprint density at radius 1 is 1.10 bits per heavy atom. The van der Waals surface area contributed by atoms with Crippen molar-refractivity contribution in [1.82, 2.24) is 0 Å². The predicted molar refractivity (Wildman–Crippen MR) is 76.5 cm³/mol. The number of hydrogen-bond acceptors (Lipinski definition) is 4. The van der Waals surface area contributed by atoms with Gasteiger partial charge in [-0.2, -0.15) is 0 Å². The zero-order valence-electron chi connectivity index (χ0n) is 12.0. The van der Waals surface area contributed by atoms with Crippen LogP contribution in [0.4, 0.5) is 0 Å². The second kappa shape index (κ2) is 8.02. The molecule has 0 unspecified atom stereocenters. The van der Waals surface area contributed by atoms with Crippen LogP contribution in [0.25, 0.3) is 0 Å². The molecule has 0 radical (unpaired) electrons. The quantitative estimate of drug-likeness (QED) is 0.686. The molecule has 1 aliphatic rings. The average Bonchev–Trinajstić information content (AvgIpc) is 2.46. The number of rotatable bonds is 8. The summed E-state index contributed by atoms with van der Waals surface area (Å²) in [5.41, 5.74) is 1.97. The average molecular weight is 278 g/mol. The fraction of sp³-hybridized carbons (Fsp3) is 0.562. The Bertz CT molecular complexity index is 442. The van der Waals surface area contributed by atoms with E-state index in [1.54, 1.807) is 7.11 Å². The lowest BCUT2D eigenvalue weighted by molar-refractivity contribution is 0.0806. The van der Waals surface area contributed by atoms with Crippen molar-refractivity contribution in [3.63, 3.8) is 0 Å². The highest BCUT2D eigenvalue weighted by Crippen LogP contribution is 2.25. The first-order valence-electron chi connectivity index (χ1n) is 7.17. The molecule has 0 heterocycles. The lowest BCUT2D eigenvalue weighted by atomic mass is 9.91. The maximum atomic E-state index is 11.7. The van der Waals surface area contributed by atoms with E-state index in [9.17, 15) is 4.79 Å². The smallest absolute Gasteiger partial charge is 0.163 e. The Balaban J connectivity index is 1.72. The molecule has 0 saturated heterocycles. The van der Waals surface area contributed by atoms with Crippen molar-refractivity contribution in [2.75, 3.05) is 33.5 Å². The van der Waals surface area contributed by atoms with Crippen LogP contribution < -0.4 is 4.74 Å². The highest BCUT2D eigenvalue weighted by molar-refractivity contribution is 5.98. The van der Waals surface area contributed by atoms with Crippen LogP contribution in [-0.2, 0) is 15.9 Å². The van der Waals surface area contributed by atoms with Crippen LogP contribution in [0, 0.1) is 0 Å². The van der Waals surface area contributed by atoms with Crippen molar-refractivity contribution in [2.24, 2.45) is 0 Å². The Hall–Kier alpha value is -1.39. The van der Waals surface area contributed by atoms with Gasteiger partial charge in [0.2, 0.25) is 0 Å². The third-order valence-corrected chi connectivity index (χ3v) is 3.36. The first kappa shape index (κ1) is 15.0. The van der Waals surface area contributed by atoms with Crippen molar-refractivity contribution >= 4 is 5.78 Å². The van der Waals surface area contributed by atoms with Gasteiger partial charge < -0.3 is 14.2 Å². The van der Waals surface area contributed by atoms with Crippen LogP contribution in [0.15, 0.2) is 18.2 Å². The summed E-state index contributed by atoms with van der Waals surface area (Å²) in [5, 5.41) is 0. The molecule has 0 bridgehead atoms. The van der Waals surface area contributed by atoms with Crippen molar-refractivity contribution in [3.05, 3.63) is 29.3 Å². The van der Waals surface area contributed by atoms with Gasteiger partial charge in [-0.15, -0.1) is 0 Å². The molecular formula is C16H22O4. The SMILES string of the molecule is COCCCOCCOc1ccc2c(c1)CCCC2=O. The molecule has 1 aromatic rings. The number of fused-ring (bicyclic) bond motifs is 1. The molecule has 0 atom stereocenters. The van der Waals surface area contributed by atoms with Crippen LogP contribution in [0.2, 0.25) is 0 Å². The summed E-state index contributed by atoms with van der Waals surface area (Å²) in [7, 11) is 1.68. The van der Waals surface area contributed by atoms with Crippen LogP contribution in [0.1, 0.15) is 35.2 Å². The van der Waals surface area contributed by atoms with Gasteiger partial charge in [-0.05, 0) is 43.0 Å². The minimum atomic E-state index is 0.249. The number of carbonyl (C=O) groups is 1. The molecule has 0 N–H and O–H groups in total. The second-order valence-corrected chi connectivity index (χ2v) is 4.90. The summed E-state index contributed by atoms with van der Waals surface area (Å²) in [6.07, 6.45) is 3.48. The molecule has 20 heavy (non-hydrogen) atoms. The van der Waals surface area contributed by atoms with Crippen LogP contribution in [0.3, 0.4) is 0 Å². The summed E-state index contributed by atoms with van der Waals surface area (Å²) in [4.78, 5) is 11.7. The van der Waals surface area contributed by atoms with Gasteiger partial charge in [0.1, 0.15) is 12.4 Å². The fourth-order valence-corrected chi connectivity index (χ4v) is 2.34. The molecule has 0 spiro atoms. The monoisotopic (exact) mass is 278 g/mol. The number of aryl methyl sites for hydroxylation is 1. The number of Topliss-reactive ketones (excluding diaryl/α,β-unsaturated/α-hetero) is 1. The van der Waals surface area contributed by atoms with E-state index in [-0.39, 0.29) is 5.78 Å². The molecule has 4 heteroatoms. The normalized spacial score (nSPS) is 14.2. The number of benzene rings is 1. The number of ether oxygens (including phenoxy) is 3. The molecular weight excluding hydrogens is 256 g/mol. The van der Waals surface area contributed by atoms with E-state index in [4.69, 9.17) is 14.2 Å². The topological polar surface area (TPSA) is 44.8 Å². The van der Waals surface area contributed by atoms with E-state index in [1.807, 2.05) is 18.2 Å². The molecule has 1 aliphatic carbocycles. The third-order valence-electron chi connectivity index (χ3n) is 3.36. The van der Waals surface area contributed by atoms with Gasteiger partial charge in [0.05, 0.1) is 6.61 Å². The molecule has 110 valence electrons. The van der Waals surface area contributed by atoms with Crippen LogP contribution in [-0.4, -0.2) is 39.3 Å². The Morgan fingerprint density at radius 3 is 2.85 bits per heavy atom. The third kappa shape index (κ3) is 4.32. The summed E-state index contributed by atoms with van der Waals surface area (Å²) in [6, 6.07) is 5.73. The van der Waals surface area contributed by atoms with E-state index in [2.05, 4.69) is 0 Å². The minimum Gasteiger partial charge on any atom is -0.491 e. The number of ketones is 1. The van der Waals surface area contributed by atoms with Gasteiger partial charge in [-0.3, -0.25) is 4.79 Å². The maximum Gasteiger partial charge on any atom is 0.163 e.